The lowest BCUT2D eigenvalue weighted by Crippen LogP contribution is -2.32. The number of alkyl halides is 3. The topological polar surface area (TPSA) is 97.9 Å². The number of nitrogens with one attached hydrogen (secondary N) is 1. The molecule has 0 bridgehead atoms. The van der Waals surface area contributed by atoms with Crippen molar-refractivity contribution >= 4 is 50.4 Å². The van der Waals surface area contributed by atoms with E-state index in [0.717, 1.165) is 30.2 Å². The van der Waals surface area contributed by atoms with Crippen molar-refractivity contribution in [2.45, 2.75) is 25.1 Å². The molecule has 4 heterocycles. The molecular weight excluding hydrogens is 439 g/mol. The third-order valence-electron chi connectivity index (χ3n) is 4.62. The van der Waals surface area contributed by atoms with Crippen molar-refractivity contribution in [3.8, 4) is 10.6 Å². The molecule has 0 saturated heterocycles. The van der Waals surface area contributed by atoms with Crippen LogP contribution in [0.2, 0.25) is 0 Å². The van der Waals surface area contributed by atoms with Gasteiger partial charge in [-0.3, -0.25) is 14.6 Å². The van der Waals surface area contributed by atoms with E-state index in [2.05, 4.69) is 15.6 Å². The molecule has 1 fully saturated rings. The van der Waals surface area contributed by atoms with Crippen LogP contribution in [0.1, 0.15) is 34.1 Å². The molecule has 1 amide bonds. The van der Waals surface area contributed by atoms with Crippen LogP contribution in [-0.4, -0.2) is 16.2 Å². The molecule has 5 rings (SSSR count). The lowest BCUT2D eigenvalue weighted by molar-refractivity contribution is -0.765. The Morgan fingerprint density at radius 3 is 2.83 bits per heavy atom. The molecule has 1 aliphatic carbocycles. The molecule has 4 aromatic heterocycles. The maximum Gasteiger partial charge on any atom is 0.417 e. The van der Waals surface area contributed by atoms with Gasteiger partial charge in [-0.15, -0.1) is 22.7 Å². The third kappa shape index (κ3) is 3.31. The first-order chi connectivity index (χ1) is 14.3. The molecular formula is C18H13F3N5O2S2+. The summed E-state index contributed by atoms with van der Waals surface area (Å²) in [6, 6.07) is 4.63. The first-order valence-electron chi connectivity index (χ1n) is 8.85. The van der Waals surface area contributed by atoms with Crippen molar-refractivity contribution in [3.05, 3.63) is 40.2 Å². The summed E-state index contributed by atoms with van der Waals surface area (Å²) in [4.78, 5) is 17.6. The summed E-state index contributed by atoms with van der Waals surface area (Å²) in [6.45, 7) is 0. The number of rotatable bonds is 4. The number of anilines is 2. The van der Waals surface area contributed by atoms with Crippen LogP contribution in [0.25, 0.3) is 20.8 Å². The molecule has 0 aromatic carbocycles. The average Bonchev–Trinajstić information content (AvgIpc) is 3.09. The van der Waals surface area contributed by atoms with E-state index in [1.54, 1.807) is 22.2 Å². The Morgan fingerprint density at radius 1 is 1.37 bits per heavy atom. The Balaban J connectivity index is 1.57. The highest BCUT2D eigenvalue weighted by Gasteiger charge is 2.37. The van der Waals surface area contributed by atoms with Crippen molar-refractivity contribution in [1.82, 2.24) is 10.3 Å². The Kier molecular flexibility index (Phi) is 4.29. The zero-order valence-electron chi connectivity index (χ0n) is 15.1. The Hall–Kier alpha value is -2.99. The summed E-state index contributed by atoms with van der Waals surface area (Å²) < 4.78 is 47.9. The molecule has 7 nitrogen and oxygen atoms in total. The summed E-state index contributed by atoms with van der Waals surface area (Å²) in [6.07, 6.45) is -1.16. The molecule has 4 aromatic rings. The molecule has 0 aliphatic heterocycles. The van der Waals surface area contributed by atoms with Crippen LogP contribution < -0.4 is 15.7 Å². The van der Waals surface area contributed by atoms with E-state index in [-0.39, 0.29) is 38.4 Å². The normalized spacial score (nSPS) is 14.4. The van der Waals surface area contributed by atoms with Crippen molar-refractivity contribution < 1.29 is 27.2 Å². The van der Waals surface area contributed by atoms with Crippen molar-refractivity contribution in [2.75, 3.05) is 11.1 Å². The summed E-state index contributed by atoms with van der Waals surface area (Å²) in [5.41, 5.74) is 4.98. The third-order valence-corrected chi connectivity index (χ3v) is 6.62. The van der Waals surface area contributed by atoms with E-state index in [1.165, 1.54) is 17.5 Å². The minimum atomic E-state index is -4.66. The quantitative estimate of drug-likeness (QED) is 0.445. The largest absolute Gasteiger partial charge is 0.417 e. The number of halogens is 3. The zero-order chi connectivity index (χ0) is 21.0. The second kappa shape index (κ2) is 6.77. The number of nitrogen functional groups attached to an aromatic ring is 1. The lowest BCUT2D eigenvalue weighted by Gasteiger charge is -2.10. The molecule has 1 saturated carbocycles. The number of aromatic nitrogens is 3. The predicted octanol–water partition coefficient (Wildman–Crippen LogP) is 4.49. The van der Waals surface area contributed by atoms with Gasteiger partial charge >= 0.3 is 12.1 Å². The maximum absolute atomic E-state index is 13.8. The highest BCUT2D eigenvalue weighted by Crippen LogP contribution is 2.44. The Morgan fingerprint density at radius 2 is 2.17 bits per heavy atom. The number of nitrogens with two attached hydrogens (primary N) is 1. The van der Waals surface area contributed by atoms with Crippen LogP contribution in [0, 0.1) is 0 Å². The van der Waals surface area contributed by atoms with Crippen molar-refractivity contribution in [3.63, 3.8) is 0 Å². The van der Waals surface area contributed by atoms with Gasteiger partial charge in [-0.2, -0.15) is 13.2 Å². The summed E-state index contributed by atoms with van der Waals surface area (Å²) in [7, 11) is 0. The van der Waals surface area contributed by atoms with E-state index in [4.69, 9.17) is 10.3 Å². The fourth-order valence-electron chi connectivity index (χ4n) is 3.06. The van der Waals surface area contributed by atoms with E-state index in [9.17, 15) is 18.0 Å². The van der Waals surface area contributed by atoms with Crippen LogP contribution in [0.15, 0.2) is 34.3 Å². The van der Waals surface area contributed by atoms with Crippen LogP contribution >= 0.6 is 22.7 Å². The second-order valence-corrected chi connectivity index (χ2v) is 8.73. The van der Waals surface area contributed by atoms with Gasteiger partial charge in [-0.1, -0.05) is 6.07 Å². The van der Waals surface area contributed by atoms with E-state index in [1.807, 2.05) is 0 Å². The minimum Gasteiger partial charge on any atom is -0.397 e. The van der Waals surface area contributed by atoms with Crippen LogP contribution in [-0.2, 0) is 6.18 Å². The summed E-state index contributed by atoms with van der Waals surface area (Å²) >= 11 is 2.08. The molecule has 0 spiro atoms. The fraction of sp³-hybridized carbons (Fsp3) is 0.222. The zero-order valence-corrected chi connectivity index (χ0v) is 16.7. The highest BCUT2D eigenvalue weighted by molar-refractivity contribution is 7.21. The van der Waals surface area contributed by atoms with Gasteiger partial charge in [-0.05, 0) is 22.2 Å². The average molecular weight is 452 g/mol. The number of carbonyl (C=O) groups is 1. The number of carbonyl (C=O) groups excluding carboxylic acids is 1. The van der Waals surface area contributed by atoms with E-state index < -0.39 is 17.6 Å². The number of thiophene rings is 2. The molecule has 154 valence electrons. The minimum absolute atomic E-state index is 0.0430. The second-order valence-electron chi connectivity index (χ2n) is 6.79. The van der Waals surface area contributed by atoms with E-state index in [0.29, 0.717) is 4.88 Å². The molecule has 0 atom stereocenters. The number of amides is 1. The maximum atomic E-state index is 13.8. The summed E-state index contributed by atoms with van der Waals surface area (Å²) in [5, 5.41) is 7.79. The van der Waals surface area contributed by atoms with Gasteiger partial charge in [0.15, 0.2) is 6.04 Å². The molecule has 0 radical (unpaired) electrons. The number of fused-ring (bicyclic) bond motifs is 1. The Bertz CT molecular complexity index is 1260. The van der Waals surface area contributed by atoms with Gasteiger partial charge < -0.3 is 5.73 Å². The first-order valence-corrected chi connectivity index (χ1v) is 10.5. The fourth-order valence-corrected chi connectivity index (χ4v) is 4.76. The smallest absolute Gasteiger partial charge is 0.397 e. The number of pyridine rings is 1. The van der Waals surface area contributed by atoms with Crippen molar-refractivity contribution in [2.24, 2.45) is 0 Å². The van der Waals surface area contributed by atoms with Crippen LogP contribution in [0.5, 0.6) is 0 Å². The lowest BCUT2D eigenvalue weighted by atomic mass is 10.1. The van der Waals surface area contributed by atoms with Gasteiger partial charge in [-0.25, -0.2) is 4.98 Å². The molecule has 12 heteroatoms. The predicted molar refractivity (Wildman–Crippen MR) is 105 cm³/mol. The molecule has 1 aliphatic rings. The molecule has 30 heavy (non-hydrogen) atoms. The van der Waals surface area contributed by atoms with Crippen LogP contribution in [0.3, 0.4) is 0 Å². The standard InChI is InChI=1S/C18H12F3N5O2S2/c19-18(20,21)9-6-10(11-2-1-5-29-11)23-17-13(9)14(22)15(30-17)16(27)24-12-7-26(25-28-12)8-3-4-8/h1-2,5-8H,3-4H2,(H2-,22,24,25,27)/p+1. The first kappa shape index (κ1) is 19.0. The van der Waals surface area contributed by atoms with Gasteiger partial charge in [0.25, 0.3) is 12.1 Å². The SMILES string of the molecule is Nc1c(C(=O)Nc2c[n+](C3CC3)no2)sc2nc(-c3cccs3)cc(C(F)(F)F)c12. The van der Waals surface area contributed by atoms with E-state index >= 15 is 0 Å². The van der Waals surface area contributed by atoms with Gasteiger partial charge in [0, 0.05) is 18.2 Å². The van der Waals surface area contributed by atoms with Gasteiger partial charge in [0.1, 0.15) is 9.71 Å². The number of nitrogens with zero attached hydrogens (tertiary/aromatic N) is 3. The Labute approximate surface area is 174 Å². The van der Waals surface area contributed by atoms with Crippen LogP contribution in [0.4, 0.5) is 24.7 Å². The number of hydrogen-bond donors (Lipinski definition) is 2. The highest BCUT2D eigenvalue weighted by atomic mass is 32.1. The monoisotopic (exact) mass is 452 g/mol. The molecule has 3 N–H and O–H groups in total. The number of hydrogen-bond acceptors (Lipinski definition) is 7. The van der Waals surface area contributed by atoms with Gasteiger partial charge in [0.2, 0.25) is 5.27 Å². The summed E-state index contributed by atoms with van der Waals surface area (Å²) in [5.74, 6) is -0.590. The van der Waals surface area contributed by atoms with Crippen molar-refractivity contribution in [1.29, 1.82) is 0 Å². The molecule has 0 unspecified atom stereocenters. The van der Waals surface area contributed by atoms with Gasteiger partial charge in [0.05, 0.1) is 21.8 Å².